The van der Waals surface area contributed by atoms with E-state index in [9.17, 15) is 4.79 Å². The Labute approximate surface area is 227 Å². The number of carbonyl (C=O) groups is 1. The number of aromatic nitrogens is 2. The van der Waals surface area contributed by atoms with Crippen LogP contribution in [0.25, 0.3) is 5.70 Å². The van der Waals surface area contributed by atoms with Gasteiger partial charge in [-0.05, 0) is 37.6 Å². The molecule has 0 aliphatic carbocycles. The molecule has 0 radical (unpaired) electrons. The summed E-state index contributed by atoms with van der Waals surface area (Å²) in [5, 5.41) is 3.58. The van der Waals surface area contributed by atoms with E-state index in [1.54, 1.807) is 19.4 Å². The van der Waals surface area contributed by atoms with Crippen LogP contribution < -0.4 is 20.7 Å². The minimum Gasteiger partial charge on any atom is -0.495 e. The van der Waals surface area contributed by atoms with E-state index in [1.165, 1.54) is 6.39 Å². The summed E-state index contributed by atoms with van der Waals surface area (Å²) in [6.45, 7) is 6.15. The summed E-state index contributed by atoms with van der Waals surface area (Å²) in [5.74, 6) is 1.15. The van der Waals surface area contributed by atoms with Gasteiger partial charge in [0.15, 0.2) is 12.7 Å². The third-order valence-electron chi connectivity index (χ3n) is 7.95. The number of allylic oxidation sites excluding steroid dienone is 1. The van der Waals surface area contributed by atoms with E-state index >= 15 is 0 Å². The van der Waals surface area contributed by atoms with Gasteiger partial charge in [0.2, 0.25) is 0 Å². The summed E-state index contributed by atoms with van der Waals surface area (Å²) in [5.41, 5.74) is 11.7. The number of amides is 1. The Morgan fingerprint density at radius 2 is 1.97 bits per heavy atom. The maximum atomic E-state index is 12.1. The number of rotatable bonds is 6. The third-order valence-corrected chi connectivity index (χ3v) is 7.95. The second-order valence-electron chi connectivity index (χ2n) is 10.4. The summed E-state index contributed by atoms with van der Waals surface area (Å²) in [6, 6.07) is 8.02. The van der Waals surface area contributed by atoms with Crippen molar-refractivity contribution in [3.8, 4) is 5.75 Å². The van der Waals surface area contributed by atoms with Crippen LogP contribution in [-0.2, 0) is 6.42 Å². The Hall–Kier alpha value is -4.25. The van der Waals surface area contributed by atoms with Gasteiger partial charge in [-0.2, -0.15) is 0 Å². The van der Waals surface area contributed by atoms with Gasteiger partial charge in [-0.3, -0.25) is 4.79 Å². The molecule has 1 amide bonds. The SMILES string of the molecule is COc1cc(N2CCN(C)CC2)ccc1NC1N=C2C(=C(c3cocn3)N1C)C(C)Cc1c(C(N)=O)ccn12. The number of likely N-dealkylation sites (N-methyl/N-ethyl adjacent to an activating group) is 1. The van der Waals surface area contributed by atoms with Crippen LogP contribution >= 0.6 is 0 Å². The van der Waals surface area contributed by atoms with E-state index in [4.69, 9.17) is 19.9 Å². The summed E-state index contributed by atoms with van der Waals surface area (Å²) < 4.78 is 13.2. The molecule has 3 N–H and O–H groups in total. The fourth-order valence-electron chi connectivity index (χ4n) is 5.80. The van der Waals surface area contributed by atoms with Gasteiger partial charge in [0.05, 0.1) is 24.1 Å². The number of nitrogens with two attached hydrogens (primary N) is 1. The number of piperazine rings is 1. The quantitative estimate of drug-likeness (QED) is 0.499. The molecule has 3 aliphatic rings. The van der Waals surface area contributed by atoms with Crippen molar-refractivity contribution in [3.63, 3.8) is 0 Å². The minimum atomic E-state index is -0.476. The van der Waals surface area contributed by atoms with Gasteiger partial charge in [-0.15, -0.1) is 0 Å². The Morgan fingerprint density at radius 3 is 2.67 bits per heavy atom. The number of carbonyl (C=O) groups excluding carboxylic acids is 1. The number of hydrogen-bond donors (Lipinski definition) is 2. The van der Waals surface area contributed by atoms with Crippen LogP contribution in [0.4, 0.5) is 11.4 Å². The number of hydrogen-bond acceptors (Lipinski definition) is 9. The predicted octanol–water partition coefficient (Wildman–Crippen LogP) is 2.53. The zero-order valence-electron chi connectivity index (χ0n) is 22.7. The molecule has 1 saturated heterocycles. The van der Waals surface area contributed by atoms with Gasteiger partial charge in [0.25, 0.3) is 5.91 Å². The van der Waals surface area contributed by atoms with Gasteiger partial charge in [-0.1, -0.05) is 6.92 Å². The molecule has 3 aromatic rings. The van der Waals surface area contributed by atoms with Gasteiger partial charge >= 0.3 is 0 Å². The molecule has 2 aromatic heterocycles. The first-order chi connectivity index (χ1) is 18.9. The lowest BCUT2D eigenvalue weighted by atomic mass is 9.87. The minimum absolute atomic E-state index is 0.0803. The van der Waals surface area contributed by atoms with Crippen molar-refractivity contribution in [2.24, 2.45) is 16.6 Å². The highest BCUT2D eigenvalue weighted by molar-refractivity contribution is 6.09. The number of benzene rings is 1. The van der Waals surface area contributed by atoms with Crippen LogP contribution in [0.3, 0.4) is 0 Å². The topological polar surface area (TPSA) is 117 Å². The normalized spacial score (nSPS) is 21.4. The summed E-state index contributed by atoms with van der Waals surface area (Å²) >= 11 is 0. The van der Waals surface area contributed by atoms with Crippen LogP contribution in [0, 0.1) is 5.92 Å². The van der Waals surface area contributed by atoms with Gasteiger partial charge in [-0.25, -0.2) is 9.98 Å². The number of methoxy groups -OCH3 is 1. The largest absolute Gasteiger partial charge is 0.495 e. The van der Waals surface area contributed by atoms with Crippen LogP contribution in [0.1, 0.15) is 28.7 Å². The van der Waals surface area contributed by atoms with E-state index in [0.717, 1.165) is 71.8 Å². The molecule has 6 rings (SSSR count). The average molecular weight is 531 g/mol. The maximum Gasteiger partial charge on any atom is 0.250 e. The molecule has 11 heteroatoms. The number of nitrogens with zero attached hydrogens (tertiary/aromatic N) is 6. The zero-order chi connectivity index (χ0) is 27.3. The number of aliphatic imine (C=N–C) groups is 1. The van der Waals surface area contributed by atoms with E-state index < -0.39 is 12.2 Å². The Morgan fingerprint density at radius 1 is 1.18 bits per heavy atom. The third kappa shape index (κ3) is 4.32. The van der Waals surface area contributed by atoms with E-state index in [2.05, 4.69) is 51.1 Å². The van der Waals surface area contributed by atoms with E-state index in [-0.39, 0.29) is 5.92 Å². The molecule has 0 spiro atoms. The van der Waals surface area contributed by atoms with Crippen molar-refractivity contribution >= 4 is 28.8 Å². The number of primary amides is 1. The molecule has 2 atom stereocenters. The molecule has 11 nitrogen and oxygen atoms in total. The van der Waals surface area contributed by atoms with Gasteiger partial charge < -0.3 is 39.5 Å². The Bertz CT molecular complexity index is 1450. The second kappa shape index (κ2) is 9.81. The van der Waals surface area contributed by atoms with Crippen molar-refractivity contribution in [3.05, 3.63) is 65.6 Å². The van der Waals surface area contributed by atoms with Gasteiger partial charge in [0, 0.05) is 62.4 Å². The first kappa shape index (κ1) is 25.1. The lowest BCUT2D eigenvalue weighted by Crippen LogP contribution is -2.45. The highest BCUT2D eigenvalue weighted by Gasteiger charge is 2.38. The standard InChI is InChI=1S/C28H34N8O3/c1-17-13-22-19(26(29)37)7-8-36(22)27-24(17)25(21-15-39-16-30-21)34(3)28(32-27)31-20-6-5-18(14-23(20)38-4)35-11-9-33(2)10-12-35/h5-8,14-17,28,31H,9-13H2,1-4H3,(H2,29,37). The van der Waals surface area contributed by atoms with Crippen LogP contribution in [0.2, 0.25) is 0 Å². The van der Waals surface area contributed by atoms with Crippen LogP contribution in [-0.4, -0.2) is 84.8 Å². The van der Waals surface area contributed by atoms with E-state index in [0.29, 0.717) is 12.0 Å². The number of nitrogens with one attached hydrogen (secondary N) is 1. The highest BCUT2D eigenvalue weighted by Crippen LogP contribution is 2.39. The highest BCUT2D eigenvalue weighted by atomic mass is 16.5. The summed E-state index contributed by atoms with van der Waals surface area (Å²) in [7, 11) is 5.83. The molecule has 0 saturated carbocycles. The van der Waals surface area contributed by atoms with Crippen LogP contribution in [0.15, 0.2) is 58.1 Å². The fourth-order valence-corrected chi connectivity index (χ4v) is 5.80. The average Bonchev–Trinajstić information content (AvgIpc) is 3.61. The first-order valence-corrected chi connectivity index (χ1v) is 13.2. The Kier molecular flexibility index (Phi) is 6.30. The molecule has 0 bridgehead atoms. The van der Waals surface area contributed by atoms with Crippen molar-refractivity contribution < 1.29 is 13.9 Å². The zero-order valence-corrected chi connectivity index (χ0v) is 22.7. The number of ether oxygens (including phenoxy) is 1. The number of oxazole rings is 1. The maximum absolute atomic E-state index is 12.1. The molecule has 5 heterocycles. The van der Waals surface area contributed by atoms with Crippen LogP contribution in [0.5, 0.6) is 5.75 Å². The molecule has 1 fully saturated rings. The summed E-state index contributed by atoms with van der Waals surface area (Å²) in [4.78, 5) is 28.6. The molecule has 3 aliphatic heterocycles. The molecule has 39 heavy (non-hydrogen) atoms. The fraction of sp³-hybridized carbons (Fsp3) is 0.393. The molecule has 1 aromatic carbocycles. The van der Waals surface area contributed by atoms with Gasteiger partial charge in [0.1, 0.15) is 23.5 Å². The molecular weight excluding hydrogens is 496 g/mol. The molecule has 204 valence electrons. The number of anilines is 2. The predicted molar refractivity (Wildman–Crippen MR) is 150 cm³/mol. The lowest BCUT2D eigenvalue weighted by molar-refractivity contribution is 0.0999. The first-order valence-electron chi connectivity index (χ1n) is 13.2. The lowest BCUT2D eigenvalue weighted by Gasteiger charge is -2.40. The summed E-state index contributed by atoms with van der Waals surface area (Å²) in [6.07, 6.45) is 5.14. The van der Waals surface area contributed by atoms with Crippen molar-refractivity contribution in [2.45, 2.75) is 19.6 Å². The monoisotopic (exact) mass is 530 g/mol. The van der Waals surface area contributed by atoms with Crippen molar-refractivity contribution in [1.29, 1.82) is 0 Å². The number of fused-ring (bicyclic) bond motifs is 3. The second-order valence-corrected chi connectivity index (χ2v) is 10.4. The van der Waals surface area contributed by atoms with Crippen molar-refractivity contribution in [2.75, 3.05) is 57.6 Å². The van der Waals surface area contributed by atoms with E-state index in [1.807, 2.05) is 23.9 Å². The molecule has 2 unspecified atom stereocenters. The molecular formula is C28H34N8O3. The Balaban J connectivity index is 1.39. The smallest absolute Gasteiger partial charge is 0.250 e. The van der Waals surface area contributed by atoms with Crippen molar-refractivity contribution in [1.82, 2.24) is 19.4 Å².